The van der Waals surface area contributed by atoms with E-state index in [9.17, 15) is 4.79 Å². The molecule has 18 heavy (non-hydrogen) atoms. The number of rotatable bonds is 5. The van der Waals surface area contributed by atoms with Crippen LogP contribution >= 0.6 is 47.8 Å². The van der Waals surface area contributed by atoms with E-state index in [4.69, 9.17) is 4.74 Å². The summed E-state index contributed by atoms with van der Waals surface area (Å²) in [5, 5.41) is 2.80. The van der Waals surface area contributed by atoms with Gasteiger partial charge in [0.15, 0.2) is 6.61 Å². The molecule has 0 unspecified atom stereocenters. The van der Waals surface area contributed by atoms with Crippen molar-refractivity contribution in [3.05, 3.63) is 25.6 Å². The first-order valence-corrected chi connectivity index (χ1v) is 7.82. The molecule has 1 rings (SSSR count). The van der Waals surface area contributed by atoms with E-state index >= 15 is 0 Å². The fourth-order valence-corrected chi connectivity index (χ4v) is 3.66. The summed E-state index contributed by atoms with van der Waals surface area (Å²) in [6.07, 6.45) is 0. The second-order valence-corrected chi connectivity index (χ2v) is 6.81. The maximum atomic E-state index is 11.5. The Morgan fingerprint density at radius 3 is 2.33 bits per heavy atom. The summed E-state index contributed by atoms with van der Waals surface area (Å²) in [7, 11) is 0. The number of ether oxygens (including phenoxy) is 1. The standard InChI is InChI=1S/C12H14Br3NO2/c1-7(2)5-16-11(17)6-18-12-9(14)3-8(13)4-10(12)15/h3-4,7H,5-6H2,1-2H3,(H,16,17). The Hall–Kier alpha value is -0.0700. The van der Waals surface area contributed by atoms with Crippen LogP contribution in [-0.2, 0) is 4.79 Å². The van der Waals surface area contributed by atoms with Crippen LogP contribution in [0.1, 0.15) is 13.8 Å². The Labute approximate surface area is 132 Å². The summed E-state index contributed by atoms with van der Waals surface area (Å²) in [6.45, 7) is 4.75. The van der Waals surface area contributed by atoms with Gasteiger partial charge in [0.25, 0.3) is 5.91 Å². The Kier molecular flexibility index (Phi) is 6.66. The monoisotopic (exact) mass is 441 g/mol. The van der Waals surface area contributed by atoms with E-state index in [-0.39, 0.29) is 12.5 Å². The highest BCUT2D eigenvalue weighted by atomic mass is 79.9. The van der Waals surface area contributed by atoms with E-state index in [2.05, 4.69) is 53.1 Å². The first-order valence-electron chi connectivity index (χ1n) is 5.44. The quantitative estimate of drug-likeness (QED) is 0.743. The molecule has 0 atom stereocenters. The molecular weight excluding hydrogens is 430 g/mol. The zero-order valence-corrected chi connectivity index (χ0v) is 14.9. The van der Waals surface area contributed by atoms with E-state index < -0.39 is 0 Å². The molecule has 1 amide bonds. The lowest BCUT2D eigenvalue weighted by molar-refractivity contribution is -0.123. The van der Waals surface area contributed by atoms with Crippen molar-refractivity contribution in [3.63, 3.8) is 0 Å². The van der Waals surface area contributed by atoms with E-state index in [1.807, 2.05) is 26.0 Å². The maximum absolute atomic E-state index is 11.5. The van der Waals surface area contributed by atoms with Gasteiger partial charge in [-0.25, -0.2) is 0 Å². The zero-order chi connectivity index (χ0) is 13.7. The van der Waals surface area contributed by atoms with E-state index in [1.165, 1.54) is 0 Å². The van der Waals surface area contributed by atoms with Gasteiger partial charge >= 0.3 is 0 Å². The Morgan fingerprint density at radius 2 is 1.83 bits per heavy atom. The second kappa shape index (κ2) is 7.50. The van der Waals surface area contributed by atoms with Crippen LogP contribution in [0.15, 0.2) is 25.6 Å². The van der Waals surface area contributed by atoms with Gasteiger partial charge < -0.3 is 10.1 Å². The van der Waals surface area contributed by atoms with Gasteiger partial charge in [0.05, 0.1) is 8.95 Å². The Balaban J connectivity index is 2.56. The number of nitrogens with one attached hydrogen (secondary N) is 1. The molecule has 6 heteroatoms. The first kappa shape index (κ1) is 16.0. The van der Waals surface area contributed by atoms with Crippen LogP contribution in [-0.4, -0.2) is 19.1 Å². The smallest absolute Gasteiger partial charge is 0.257 e. The molecule has 3 nitrogen and oxygen atoms in total. The third-order valence-electron chi connectivity index (χ3n) is 2.02. The summed E-state index contributed by atoms with van der Waals surface area (Å²) in [5.74, 6) is 0.934. The highest BCUT2D eigenvalue weighted by Gasteiger charge is 2.10. The Bertz CT molecular complexity index is 412. The molecular formula is C12H14Br3NO2. The Morgan fingerprint density at radius 1 is 1.28 bits per heavy atom. The largest absolute Gasteiger partial charge is 0.481 e. The average molecular weight is 444 g/mol. The van der Waals surface area contributed by atoms with Crippen LogP contribution in [0.5, 0.6) is 5.75 Å². The third-order valence-corrected chi connectivity index (χ3v) is 3.65. The van der Waals surface area contributed by atoms with E-state index in [1.54, 1.807) is 0 Å². The first-order chi connectivity index (χ1) is 8.40. The minimum atomic E-state index is -0.120. The molecule has 0 aliphatic rings. The molecule has 1 aromatic carbocycles. The molecule has 0 aliphatic carbocycles. The number of halogens is 3. The molecule has 0 aromatic heterocycles. The second-order valence-electron chi connectivity index (χ2n) is 4.19. The van der Waals surface area contributed by atoms with Crippen LogP contribution in [0.4, 0.5) is 0 Å². The van der Waals surface area contributed by atoms with Gasteiger partial charge in [-0.1, -0.05) is 29.8 Å². The van der Waals surface area contributed by atoms with Crippen molar-refractivity contribution in [3.8, 4) is 5.75 Å². The lowest BCUT2D eigenvalue weighted by atomic mass is 10.2. The highest BCUT2D eigenvalue weighted by molar-refractivity contribution is 9.11. The molecule has 0 saturated heterocycles. The van der Waals surface area contributed by atoms with E-state index in [0.717, 1.165) is 13.4 Å². The summed E-state index contributed by atoms with van der Waals surface area (Å²) >= 11 is 10.2. The summed E-state index contributed by atoms with van der Waals surface area (Å²) in [4.78, 5) is 11.5. The average Bonchev–Trinajstić information content (AvgIpc) is 2.24. The normalized spacial score (nSPS) is 10.6. The molecule has 0 bridgehead atoms. The molecule has 0 saturated carbocycles. The van der Waals surface area contributed by atoms with Gasteiger partial charge in [0.2, 0.25) is 0 Å². The number of benzene rings is 1. The van der Waals surface area contributed by atoms with Crippen molar-refractivity contribution < 1.29 is 9.53 Å². The maximum Gasteiger partial charge on any atom is 0.257 e. The van der Waals surface area contributed by atoms with Crippen LogP contribution in [0.25, 0.3) is 0 Å². The molecule has 0 heterocycles. The van der Waals surface area contributed by atoms with Crippen LogP contribution in [0.3, 0.4) is 0 Å². The van der Waals surface area contributed by atoms with Crippen molar-refractivity contribution >= 4 is 53.7 Å². The number of carbonyl (C=O) groups is 1. The minimum absolute atomic E-state index is 0.00551. The molecule has 1 aromatic rings. The third kappa shape index (κ3) is 5.28. The summed E-state index contributed by atoms with van der Waals surface area (Å²) in [5.41, 5.74) is 0. The molecule has 0 spiro atoms. The van der Waals surface area contributed by atoms with Crippen molar-refractivity contribution in [1.29, 1.82) is 0 Å². The van der Waals surface area contributed by atoms with Crippen LogP contribution in [0.2, 0.25) is 0 Å². The molecule has 0 radical (unpaired) electrons. The van der Waals surface area contributed by atoms with Crippen molar-refractivity contribution in [2.45, 2.75) is 13.8 Å². The highest BCUT2D eigenvalue weighted by Crippen LogP contribution is 2.36. The fraction of sp³-hybridized carbons (Fsp3) is 0.417. The van der Waals surface area contributed by atoms with Crippen LogP contribution < -0.4 is 10.1 Å². The molecule has 0 fully saturated rings. The topological polar surface area (TPSA) is 38.3 Å². The fourth-order valence-electron chi connectivity index (χ4n) is 1.17. The van der Waals surface area contributed by atoms with Gasteiger partial charge in [-0.3, -0.25) is 4.79 Å². The van der Waals surface area contributed by atoms with Gasteiger partial charge in [0.1, 0.15) is 5.75 Å². The number of hydrogen-bond donors (Lipinski definition) is 1. The van der Waals surface area contributed by atoms with Crippen molar-refractivity contribution in [2.24, 2.45) is 5.92 Å². The van der Waals surface area contributed by atoms with Gasteiger partial charge in [-0.15, -0.1) is 0 Å². The van der Waals surface area contributed by atoms with Gasteiger partial charge in [0, 0.05) is 11.0 Å². The lowest BCUT2D eigenvalue weighted by Crippen LogP contribution is -2.31. The van der Waals surface area contributed by atoms with Crippen LogP contribution in [0, 0.1) is 5.92 Å². The van der Waals surface area contributed by atoms with Crippen molar-refractivity contribution in [2.75, 3.05) is 13.2 Å². The van der Waals surface area contributed by atoms with Gasteiger partial charge in [-0.2, -0.15) is 0 Å². The van der Waals surface area contributed by atoms with Crippen molar-refractivity contribution in [1.82, 2.24) is 5.32 Å². The number of carbonyl (C=O) groups excluding carboxylic acids is 1. The zero-order valence-electron chi connectivity index (χ0n) is 10.1. The molecule has 100 valence electrons. The SMILES string of the molecule is CC(C)CNC(=O)COc1c(Br)cc(Br)cc1Br. The minimum Gasteiger partial charge on any atom is -0.481 e. The number of hydrogen-bond acceptors (Lipinski definition) is 2. The van der Waals surface area contributed by atoms with Gasteiger partial charge in [-0.05, 0) is 49.9 Å². The summed E-state index contributed by atoms with van der Waals surface area (Å²) in [6, 6.07) is 3.73. The van der Waals surface area contributed by atoms with E-state index in [0.29, 0.717) is 18.2 Å². The number of amides is 1. The summed E-state index contributed by atoms with van der Waals surface area (Å²) < 4.78 is 8.00. The lowest BCUT2D eigenvalue weighted by Gasteiger charge is -2.12. The predicted octanol–water partition coefficient (Wildman–Crippen LogP) is 4.13. The predicted molar refractivity (Wildman–Crippen MR) is 82.9 cm³/mol. The molecule has 1 N–H and O–H groups in total. The molecule has 0 aliphatic heterocycles.